The third kappa shape index (κ3) is 5.31. The molecule has 2 aromatic carbocycles. The highest BCUT2D eigenvalue weighted by molar-refractivity contribution is 8.00. The quantitative estimate of drug-likeness (QED) is 0.496. The molecule has 0 spiro atoms. The van der Waals surface area contributed by atoms with Crippen molar-refractivity contribution in [2.75, 3.05) is 12.4 Å². The number of hydrogen-bond donors (Lipinski definition) is 1. The van der Waals surface area contributed by atoms with Crippen molar-refractivity contribution in [1.29, 1.82) is 0 Å². The number of methoxy groups -OCH3 is 1. The molecule has 0 radical (unpaired) electrons. The van der Waals surface area contributed by atoms with Crippen LogP contribution in [0.5, 0.6) is 5.75 Å². The fraction of sp³-hybridized carbons (Fsp3) is 0.250. The van der Waals surface area contributed by atoms with E-state index in [2.05, 4.69) is 15.5 Å². The first-order valence-electron chi connectivity index (χ1n) is 8.98. The van der Waals surface area contributed by atoms with Gasteiger partial charge in [-0.1, -0.05) is 35.5 Å². The molecule has 31 heavy (non-hydrogen) atoms. The van der Waals surface area contributed by atoms with E-state index in [1.165, 1.54) is 0 Å². The monoisotopic (exact) mass is 470 g/mol. The second kappa shape index (κ2) is 9.19. The van der Waals surface area contributed by atoms with Crippen molar-refractivity contribution in [2.45, 2.75) is 23.5 Å². The second-order valence-corrected chi connectivity index (χ2v) is 8.25. The Hall–Kier alpha value is -2.72. The first-order valence-corrected chi connectivity index (χ1v) is 10.2. The van der Waals surface area contributed by atoms with Gasteiger partial charge >= 0.3 is 6.18 Å². The maximum absolute atomic E-state index is 12.9. The molecule has 0 bridgehead atoms. The molecule has 0 fully saturated rings. The number of ether oxygens (including phenoxy) is 1. The molecule has 0 aliphatic rings. The Kier molecular flexibility index (Phi) is 6.80. The van der Waals surface area contributed by atoms with E-state index in [1.54, 1.807) is 31.7 Å². The van der Waals surface area contributed by atoms with Crippen LogP contribution in [-0.4, -0.2) is 33.0 Å². The molecule has 3 aromatic rings. The number of benzene rings is 2. The summed E-state index contributed by atoms with van der Waals surface area (Å²) in [5.41, 5.74) is -0.221. The van der Waals surface area contributed by atoms with Crippen molar-refractivity contribution in [3.8, 4) is 17.1 Å². The number of carbonyl (C=O) groups is 1. The summed E-state index contributed by atoms with van der Waals surface area (Å²) in [4.78, 5) is 12.6. The van der Waals surface area contributed by atoms with Gasteiger partial charge < -0.3 is 14.6 Å². The lowest BCUT2D eigenvalue weighted by atomic mass is 10.2. The zero-order valence-corrected chi connectivity index (χ0v) is 18.3. The smallest absolute Gasteiger partial charge is 0.416 e. The van der Waals surface area contributed by atoms with Crippen LogP contribution in [0.15, 0.2) is 47.6 Å². The standard InChI is InChI=1S/C20H18ClF3N4O2S/c1-11(18(29)25-16-10-13(20(22,23)24)7-8-15(16)21)31-19-27-26-17(28(19)2)12-5-4-6-14(9-12)30-3/h4-11H,1-3H3,(H,25,29)/t11-/m1/s1. The van der Waals surface area contributed by atoms with E-state index < -0.39 is 22.9 Å². The highest BCUT2D eigenvalue weighted by Crippen LogP contribution is 2.34. The van der Waals surface area contributed by atoms with Gasteiger partial charge in [0, 0.05) is 12.6 Å². The third-order valence-electron chi connectivity index (χ3n) is 4.37. The van der Waals surface area contributed by atoms with Crippen molar-refractivity contribution < 1.29 is 22.7 Å². The lowest BCUT2D eigenvalue weighted by molar-refractivity contribution is -0.137. The summed E-state index contributed by atoms with van der Waals surface area (Å²) in [6.45, 7) is 1.61. The predicted molar refractivity (Wildman–Crippen MR) is 113 cm³/mol. The molecule has 0 saturated heterocycles. The average molecular weight is 471 g/mol. The topological polar surface area (TPSA) is 69.0 Å². The first-order chi connectivity index (χ1) is 14.6. The van der Waals surface area contributed by atoms with E-state index in [0.717, 1.165) is 35.5 Å². The Morgan fingerprint density at radius 2 is 1.97 bits per heavy atom. The Morgan fingerprint density at radius 1 is 1.23 bits per heavy atom. The Labute approximate surface area is 185 Å². The van der Waals surface area contributed by atoms with Gasteiger partial charge in [-0.05, 0) is 37.3 Å². The molecule has 0 aliphatic heterocycles. The summed E-state index contributed by atoms with van der Waals surface area (Å²) in [6, 6.07) is 10.1. The molecule has 1 amide bonds. The molecular weight excluding hydrogens is 453 g/mol. The van der Waals surface area contributed by atoms with Gasteiger partial charge in [0.1, 0.15) is 5.75 Å². The Morgan fingerprint density at radius 3 is 2.65 bits per heavy atom. The van der Waals surface area contributed by atoms with Crippen LogP contribution >= 0.6 is 23.4 Å². The zero-order valence-electron chi connectivity index (χ0n) is 16.7. The van der Waals surface area contributed by atoms with E-state index in [-0.39, 0.29) is 10.7 Å². The Bertz CT molecular complexity index is 1100. The third-order valence-corrected chi connectivity index (χ3v) is 5.83. The lowest BCUT2D eigenvalue weighted by Gasteiger charge is -2.14. The lowest BCUT2D eigenvalue weighted by Crippen LogP contribution is -2.23. The zero-order chi connectivity index (χ0) is 22.8. The number of anilines is 1. The predicted octanol–water partition coefficient (Wildman–Crippen LogP) is 5.28. The number of rotatable bonds is 6. The number of alkyl halides is 3. The van der Waals surface area contributed by atoms with Crippen molar-refractivity contribution in [3.05, 3.63) is 53.1 Å². The summed E-state index contributed by atoms with van der Waals surface area (Å²) >= 11 is 7.07. The average Bonchev–Trinajstić information content (AvgIpc) is 3.08. The van der Waals surface area contributed by atoms with Crippen LogP contribution in [0.1, 0.15) is 12.5 Å². The molecule has 0 unspecified atom stereocenters. The van der Waals surface area contributed by atoms with Crippen LogP contribution in [-0.2, 0) is 18.0 Å². The highest BCUT2D eigenvalue weighted by atomic mass is 35.5. The normalized spacial score (nSPS) is 12.5. The molecule has 164 valence electrons. The molecule has 1 aromatic heterocycles. The van der Waals surface area contributed by atoms with Gasteiger partial charge in [-0.15, -0.1) is 10.2 Å². The summed E-state index contributed by atoms with van der Waals surface area (Å²) < 4.78 is 45.7. The van der Waals surface area contributed by atoms with E-state index in [4.69, 9.17) is 16.3 Å². The minimum Gasteiger partial charge on any atom is -0.497 e. The molecule has 0 aliphatic carbocycles. The van der Waals surface area contributed by atoms with Gasteiger partial charge in [-0.25, -0.2) is 0 Å². The molecule has 0 saturated carbocycles. The van der Waals surface area contributed by atoms with E-state index >= 15 is 0 Å². The van der Waals surface area contributed by atoms with Crippen molar-refractivity contribution in [2.24, 2.45) is 7.05 Å². The summed E-state index contributed by atoms with van der Waals surface area (Å²) in [6.07, 6.45) is -4.54. The van der Waals surface area contributed by atoms with Crippen molar-refractivity contribution in [3.63, 3.8) is 0 Å². The number of hydrogen-bond acceptors (Lipinski definition) is 5. The summed E-state index contributed by atoms with van der Waals surface area (Å²) in [5, 5.41) is 10.5. The van der Waals surface area contributed by atoms with E-state index in [9.17, 15) is 18.0 Å². The molecule has 1 N–H and O–H groups in total. The van der Waals surface area contributed by atoms with Crippen LogP contribution in [0.3, 0.4) is 0 Å². The summed E-state index contributed by atoms with van der Waals surface area (Å²) in [5.74, 6) is 0.729. The number of nitrogens with zero attached hydrogens (tertiary/aromatic N) is 3. The molecule has 1 atom stereocenters. The maximum Gasteiger partial charge on any atom is 0.416 e. The molecule has 11 heteroatoms. The number of carbonyl (C=O) groups excluding carboxylic acids is 1. The number of thioether (sulfide) groups is 1. The maximum atomic E-state index is 12.9. The van der Waals surface area contributed by atoms with Crippen LogP contribution < -0.4 is 10.1 Å². The van der Waals surface area contributed by atoms with Crippen molar-refractivity contribution in [1.82, 2.24) is 14.8 Å². The molecule has 3 rings (SSSR count). The van der Waals surface area contributed by atoms with Gasteiger partial charge in [0.2, 0.25) is 5.91 Å². The summed E-state index contributed by atoms with van der Waals surface area (Å²) in [7, 11) is 3.32. The van der Waals surface area contributed by atoms with Crippen LogP contribution in [0.4, 0.5) is 18.9 Å². The van der Waals surface area contributed by atoms with Gasteiger partial charge in [0.15, 0.2) is 11.0 Å². The van der Waals surface area contributed by atoms with Crippen LogP contribution in [0.2, 0.25) is 5.02 Å². The fourth-order valence-corrected chi connectivity index (χ4v) is 3.65. The van der Waals surface area contributed by atoms with Crippen LogP contribution in [0.25, 0.3) is 11.4 Å². The van der Waals surface area contributed by atoms with E-state index in [1.807, 2.05) is 18.2 Å². The van der Waals surface area contributed by atoms with Gasteiger partial charge in [-0.3, -0.25) is 4.79 Å². The second-order valence-electron chi connectivity index (χ2n) is 6.54. The number of amides is 1. The highest BCUT2D eigenvalue weighted by Gasteiger charge is 2.31. The minimum atomic E-state index is -4.54. The van der Waals surface area contributed by atoms with Gasteiger partial charge in [0.25, 0.3) is 0 Å². The molecule has 6 nitrogen and oxygen atoms in total. The van der Waals surface area contributed by atoms with E-state index in [0.29, 0.717) is 16.7 Å². The largest absolute Gasteiger partial charge is 0.497 e. The number of halogens is 4. The molecular formula is C20H18ClF3N4O2S. The fourth-order valence-electron chi connectivity index (χ4n) is 2.67. The van der Waals surface area contributed by atoms with Gasteiger partial charge in [0.05, 0.1) is 28.6 Å². The van der Waals surface area contributed by atoms with Gasteiger partial charge in [-0.2, -0.15) is 13.2 Å². The molecule has 1 heterocycles. The SMILES string of the molecule is COc1cccc(-c2nnc(S[C@H](C)C(=O)Nc3cc(C(F)(F)F)ccc3Cl)n2C)c1. The minimum absolute atomic E-state index is 0.0116. The number of nitrogens with one attached hydrogen (secondary N) is 1. The Balaban J connectivity index is 1.74. The van der Waals surface area contributed by atoms with Crippen LogP contribution in [0, 0.1) is 0 Å². The first kappa shape index (κ1) is 23.0. The van der Waals surface area contributed by atoms with Crippen molar-refractivity contribution >= 4 is 35.0 Å². The number of aromatic nitrogens is 3.